The van der Waals surface area contributed by atoms with Crippen LogP contribution in [0.5, 0.6) is 0 Å². The van der Waals surface area contributed by atoms with Crippen LogP contribution < -0.4 is 9.21 Å². The second kappa shape index (κ2) is 12.5. The van der Waals surface area contributed by atoms with Crippen molar-refractivity contribution in [1.82, 2.24) is 0 Å². The Labute approximate surface area is 293 Å². The Balaban J connectivity index is 1.51. The molecule has 0 fully saturated rings. The number of aryl methyl sites for hydroxylation is 1. The number of allylic oxidation sites excluding steroid dienone is 5. The predicted molar refractivity (Wildman–Crippen MR) is 201 cm³/mol. The number of likely N-dealkylation sites (N-methyl/N-ethyl adjacent to an activating group) is 1. The van der Waals surface area contributed by atoms with E-state index < -0.39 is 15.9 Å². The second-order valence-electron chi connectivity index (χ2n) is 13.1. The maximum Gasteiger partial charge on any atom is 0.273 e. The number of para-hydroxylation sites is 2. The third-order valence-electron chi connectivity index (χ3n) is 9.58. The van der Waals surface area contributed by atoms with Crippen molar-refractivity contribution in [3.63, 3.8) is 0 Å². The summed E-state index contributed by atoms with van der Waals surface area (Å²) < 4.78 is 29.3. The van der Waals surface area contributed by atoms with Crippen molar-refractivity contribution in [2.75, 3.05) is 16.3 Å². The molecule has 0 bridgehead atoms. The monoisotopic (exact) mass is 673 g/mol. The number of carbonyl (C=O) groups is 1. The summed E-state index contributed by atoms with van der Waals surface area (Å²) in [5.41, 5.74) is 8.57. The minimum absolute atomic E-state index is 0.0402. The Morgan fingerprint density at radius 2 is 1.38 bits per heavy atom. The highest BCUT2D eigenvalue weighted by atomic mass is 32.2. The molecule has 0 atom stereocenters. The molecular weight excluding hydrogens is 639 g/mol. The van der Waals surface area contributed by atoms with Crippen molar-refractivity contribution in [1.29, 1.82) is 5.26 Å². The van der Waals surface area contributed by atoms with Gasteiger partial charge < -0.3 is 4.90 Å². The van der Waals surface area contributed by atoms with Crippen LogP contribution in [-0.2, 0) is 20.2 Å². The summed E-state index contributed by atoms with van der Waals surface area (Å²) in [5, 5.41) is 9.56. The third-order valence-corrected chi connectivity index (χ3v) is 11.3. The largest absolute Gasteiger partial charge is 0.347 e. The van der Waals surface area contributed by atoms with E-state index in [2.05, 4.69) is 50.1 Å². The lowest BCUT2D eigenvalue weighted by Gasteiger charge is -2.25. The lowest BCUT2D eigenvalue weighted by atomic mass is 9.82. The first-order valence-electron chi connectivity index (χ1n) is 16.4. The minimum atomic E-state index is -4.25. The zero-order valence-electron chi connectivity index (χ0n) is 28.3. The molecule has 2 heterocycles. The van der Waals surface area contributed by atoms with Crippen LogP contribution in [0.1, 0.15) is 47.2 Å². The van der Waals surface area contributed by atoms with Crippen LogP contribution >= 0.6 is 0 Å². The van der Waals surface area contributed by atoms with Crippen molar-refractivity contribution in [3.8, 4) is 6.07 Å². The van der Waals surface area contributed by atoms with Crippen molar-refractivity contribution >= 4 is 44.0 Å². The summed E-state index contributed by atoms with van der Waals surface area (Å²) in [4.78, 5) is 16.9. The van der Waals surface area contributed by atoms with Gasteiger partial charge in [-0.15, -0.1) is 0 Å². The van der Waals surface area contributed by atoms with Gasteiger partial charge in [0.05, 0.1) is 27.8 Å². The number of hydrogen-bond acceptors (Lipinski definition) is 5. The highest BCUT2D eigenvalue weighted by Gasteiger charge is 2.42. The van der Waals surface area contributed by atoms with Crippen LogP contribution in [0.4, 0.5) is 11.4 Å². The Hall–Kier alpha value is -5.97. The molecule has 0 radical (unpaired) electrons. The lowest BCUT2D eigenvalue weighted by molar-refractivity contribution is -0.111. The molecule has 7 heteroatoms. The number of benzene rings is 5. The average Bonchev–Trinajstić information content (AvgIpc) is 3.53. The first kappa shape index (κ1) is 32.6. The number of nitriles is 1. The quantitative estimate of drug-likeness (QED) is 0.168. The van der Waals surface area contributed by atoms with Crippen LogP contribution in [0.25, 0.3) is 16.7 Å². The maximum atomic E-state index is 14.7. The molecule has 1 amide bonds. The van der Waals surface area contributed by atoms with Gasteiger partial charge in [0.15, 0.2) is 0 Å². The van der Waals surface area contributed by atoms with Gasteiger partial charge in [-0.05, 0) is 83.3 Å². The summed E-state index contributed by atoms with van der Waals surface area (Å²) in [6.07, 6.45) is 4.11. The Bertz CT molecular complexity index is 2400. The Morgan fingerprint density at radius 3 is 2.04 bits per heavy atom. The van der Waals surface area contributed by atoms with Crippen molar-refractivity contribution < 1.29 is 13.2 Å². The van der Waals surface area contributed by atoms with Gasteiger partial charge >= 0.3 is 0 Å². The molecule has 7 rings (SSSR count). The van der Waals surface area contributed by atoms with E-state index >= 15 is 0 Å². The standard InChI is InChI=1S/C43H35N3O3S/c1-29-18-24-34(25-19-29)50(48,49)46-38-16-10-8-14-35(38)41(42(46)47)36(32-12-6-5-7-13-32)26-33(31-22-20-30(28-44)21-23-31)27-40-43(2,3)37-15-9-11-17-39(37)45(40)4/h5-27H,1-4H3/b33-26+,40-27+,41-36-. The van der Waals surface area contributed by atoms with Gasteiger partial charge in [-0.25, -0.2) is 8.42 Å². The van der Waals surface area contributed by atoms with Crippen LogP contribution in [0, 0.1) is 18.3 Å². The number of hydrogen-bond donors (Lipinski definition) is 0. The van der Waals surface area contributed by atoms with E-state index in [1.165, 1.54) is 17.7 Å². The third kappa shape index (κ3) is 5.44. The molecule has 0 N–H and O–H groups in total. The zero-order chi connectivity index (χ0) is 35.2. The molecule has 0 saturated heterocycles. The molecule has 6 nitrogen and oxygen atoms in total. The summed E-state index contributed by atoms with van der Waals surface area (Å²) in [7, 11) is -2.19. The lowest BCUT2D eigenvalue weighted by Crippen LogP contribution is -2.33. The number of rotatable bonds is 6. The van der Waals surface area contributed by atoms with Gasteiger partial charge in [0, 0.05) is 29.4 Å². The number of fused-ring (bicyclic) bond motifs is 2. The topological polar surface area (TPSA) is 81.5 Å². The SMILES string of the molecule is Cc1ccc(S(=O)(=O)N2C(=O)/C(=C(/C=C(\C=C3\N(C)c4ccccc4C3(C)C)c3ccc(C#N)cc3)c3ccccc3)c3ccccc32)cc1. The summed E-state index contributed by atoms with van der Waals surface area (Å²) in [6.45, 7) is 6.27. The van der Waals surface area contributed by atoms with Gasteiger partial charge in [0.2, 0.25) is 0 Å². The number of carbonyl (C=O) groups excluding carboxylic acids is 1. The highest BCUT2D eigenvalue weighted by Crippen LogP contribution is 2.48. The molecule has 5 aromatic rings. The van der Waals surface area contributed by atoms with Gasteiger partial charge in [0.25, 0.3) is 15.9 Å². The molecule has 0 aliphatic carbocycles. The highest BCUT2D eigenvalue weighted by molar-refractivity contribution is 7.93. The Morgan fingerprint density at radius 1 is 0.760 bits per heavy atom. The smallest absolute Gasteiger partial charge is 0.273 e. The van der Waals surface area contributed by atoms with E-state index in [1.54, 1.807) is 42.5 Å². The normalized spacial score (nSPS) is 17.1. The molecule has 0 saturated carbocycles. The van der Waals surface area contributed by atoms with E-state index in [-0.39, 0.29) is 15.9 Å². The van der Waals surface area contributed by atoms with Crippen LogP contribution in [0.15, 0.2) is 150 Å². The number of nitrogens with zero attached hydrogens (tertiary/aromatic N) is 3. The Kier molecular flexibility index (Phi) is 8.13. The fourth-order valence-electron chi connectivity index (χ4n) is 6.93. The first-order valence-corrected chi connectivity index (χ1v) is 17.8. The molecule has 0 aromatic heterocycles. The van der Waals surface area contributed by atoms with E-state index in [1.807, 2.05) is 73.7 Å². The van der Waals surface area contributed by atoms with E-state index in [0.717, 1.165) is 38.0 Å². The van der Waals surface area contributed by atoms with Crippen LogP contribution in [0.3, 0.4) is 0 Å². The summed E-state index contributed by atoms with van der Waals surface area (Å²) in [5.74, 6) is -0.626. The van der Waals surface area contributed by atoms with Gasteiger partial charge in [-0.1, -0.05) is 110 Å². The van der Waals surface area contributed by atoms with E-state index in [9.17, 15) is 18.5 Å². The number of anilines is 2. The molecule has 0 spiro atoms. The van der Waals surface area contributed by atoms with Gasteiger partial charge in [0.1, 0.15) is 0 Å². The maximum absolute atomic E-state index is 14.7. The molecule has 5 aromatic carbocycles. The molecule has 246 valence electrons. The van der Waals surface area contributed by atoms with Crippen molar-refractivity contribution in [2.45, 2.75) is 31.1 Å². The number of amides is 1. The zero-order valence-corrected chi connectivity index (χ0v) is 29.1. The van der Waals surface area contributed by atoms with Crippen LogP contribution in [-0.4, -0.2) is 21.4 Å². The van der Waals surface area contributed by atoms with Crippen molar-refractivity contribution in [2.24, 2.45) is 0 Å². The molecule has 0 unspecified atom stereocenters. The van der Waals surface area contributed by atoms with Gasteiger partial charge in [-0.2, -0.15) is 9.57 Å². The van der Waals surface area contributed by atoms with E-state index in [0.29, 0.717) is 22.4 Å². The second-order valence-corrected chi connectivity index (χ2v) is 14.9. The van der Waals surface area contributed by atoms with Gasteiger partial charge in [-0.3, -0.25) is 4.79 Å². The van der Waals surface area contributed by atoms with Crippen LogP contribution in [0.2, 0.25) is 0 Å². The molecule has 2 aliphatic rings. The van der Waals surface area contributed by atoms with E-state index in [4.69, 9.17) is 0 Å². The fraction of sp³-hybridized carbons (Fsp3) is 0.116. The molecule has 50 heavy (non-hydrogen) atoms. The first-order chi connectivity index (χ1) is 24.0. The minimum Gasteiger partial charge on any atom is -0.347 e. The predicted octanol–water partition coefficient (Wildman–Crippen LogP) is 8.91. The fourth-order valence-corrected chi connectivity index (χ4v) is 8.35. The molecule has 2 aliphatic heterocycles. The number of sulfonamides is 1. The molecular formula is C43H35N3O3S. The summed E-state index contributed by atoms with van der Waals surface area (Å²) >= 11 is 0. The van der Waals surface area contributed by atoms with Crippen molar-refractivity contribution in [3.05, 3.63) is 179 Å². The average molecular weight is 674 g/mol. The summed E-state index contributed by atoms with van der Waals surface area (Å²) in [6, 6.07) is 41.0.